The first-order chi connectivity index (χ1) is 13.9. The molecule has 152 valence electrons. The molecule has 0 radical (unpaired) electrons. The Morgan fingerprint density at radius 1 is 1.10 bits per heavy atom. The van der Waals surface area contributed by atoms with E-state index < -0.39 is 22.0 Å². The van der Waals surface area contributed by atoms with Crippen molar-refractivity contribution >= 4 is 60.6 Å². The Morgan fingerprint density at radius 3 is 2.52 bits per heavy atom. The third kappa shape index (κ3) is 6.16. The second kappa shape index (κ2) is 9.90. The minimum atomic E-state index is -3.84. The van der Waals surface area contributed by atoms with Crippen molar-refractivity contribution in [1.29, 1.82) is 0 Å². The third-order valence-corrected chi connectivity index (χ3v) is 8.36. The Balaban J connectivity index is 1.84. The Bertz CT molecular complexity index is 1090. The first-order valence-electron chi connectivity index (χ1n) is 8.64. The lowest BCUT2D eigenvalue weighted by Crippen LogP contribution is -2.45. The molecule has 0 saturated heterocycles. The molecule has 2 aromatic carbocycles. The largest absolute Gasteiger partial charge is 0.325 e. The fourth-order valence-electron chi connectivity index (χ4n) is 2.66. The molecule has 0 aliphatic heterocycles. The number of anilines is 1. The van der Waals surface area contributed by atoms with Crippen LogP contribution in [0.3, 0.4) is 0 Å². The zero-order valence-electron chi connectivity index (χ0n) is 15.5. The standard InChI is InChI=1S/C20H19BrN2O3S3/c1-27-16-9-5-8-15(13-16)22-20(24)17(12-14-6-3-2-4-7-14)23-29(25,26)19-11-10-18(21)28-19/h2-11,13,17,23H,12H2,1H3,(H,22,24). The van der Waals surface area contributed by atoms with E-state index in [0.717, 1.165) is 21.8 Å². The van der Waals surface area contributed by atoms with E-state index in [4.69, 9.17) is 0 Å². The zero-order valence-corrected chi connectivity index (χ0v) is 19.5. The molecule has 9 heteroatoms. The molecule has 1 unspecified atom stereocenters. The van der Waals surface area contributed by atoms with Crippen molar-refractivity contribution in [3.05, 3.63) is 76.1 Å². The van der Waals surface area contributed by atoms with Crippen molar-refractivity contribution in [3.63, 3.8) is 0 Å². The zero-order chi connectivity index (χ0) is 20.9. The van der Waals surface area contributed by atoms with Gasteiger partial charge in [-0.05, 0) is 64.5 Å². The summed E-state index contributed by atoms with van der Waals surface area (Å²) in [6.45, 7) is 0. The van der Waals surface area contributed by atoms with Crippen LogP contribution in [0.1, 0.15) is 5.56 Å². The number of amides is 1. The summed E-state index contributed by atoms with van der Waals surface area (Å²) in [7, 11) is -3.84. The Kier molecular flexibility index (Phi) is 7.53. The molecule has 1 amide bonds. The molecule has 0 aliphatic rings. The topological polar surface area (TPSA) is 75.3 Å². The molecule has 0 bridgehead atoms. The third-order valence-electron chi connectivity index (χ3n) is 4.05. The number of carbonyl (C=O) groups excluding carboxylic acids is 1. The van der Waals surface area contributed by atoms with Gasteiger partial charge < -0.3 is 5.32 Å². The molecule has 1 atom stereocenters. The van der Waals surface area contributed by atoms with Gasteiger partial charge in [0.05, 0.1) is 3.79 Å². The second-order valence-electron chi connectivity index (χ2n) is 6.14. The van der Waals surface area contributed by atoms with Crippen molar-refractivity contribution in [2.24, 2.45) is 0 Å². The Morgan fingerprint density at radius 2 is 1.86 bits per heavy atom. The van der Waals surface area contributed by atoms with E-state index in [1.165, 1.54) is 6.07 Å². The highest BCUT2D eigenvalue weighted by Gasteiger charge is 2.27. The molecule has 29 heavy (non-hydrogen) atoms. The molecular weight excluding hydrogens is 492 g/mol. The number of carbonyl (C=O) groups is 1. The summed E-state index contributed by atoms with van der Waals surface area (Å²) in [4.78, 5) is 14.0. The lowest BCUT2D eigenvalue weighted by molar-refractivity contribution is -0.117. The quantitative estimate of drug-likeness (QED) is 0.428. The molecule has 0 fully saturated rings. The number of benzene rings is 2. The van der Waals surface area contributed by atoms with Crippen molar-refractivity contribution in [2.75, 3.05) is 11.6 Å². The number of rotatable bonds is 8. The smallest absolute Gasteiger partial charge is 0.250 e. The minimum Gasteiger partial charge on any atom is -0.325 e. The summed E-state index contributed by atoms with van der Waals surface area (Å²) in [5.41, 5.74) is 1.48. The van der Waals surface area contributed by atoms with E-state index in [-0.39, 0.29) is 10.6 Å². The van der Waals surface area contributed by atoms with Crippen LogP contribution in [0.2, 0.25) is 0 Å². The van der Waals surface area contributed by atoms with Crippen LogP contribution >= 0.6 is 39.0 Å². The highest BCUT2D eigenvalue weighted by atomic mass is 79.9. The molecule has 3 aromatic rings. The van der Waals surface area contributed by atoms with Gasteiger partial charge >= 0.3 is 0 Å². The highest BCUT2D eigenvalue weighted by molar-refractivity contribution is 9.11. The van der Waals surface area contributed by atoms with Crippen LogP contribution in [0.5, 0.6) is 0 Å². The fourth-order valence-corrected chi connectivity index (χ4v) is 6.34. The minimum absolute atomic E-state index is 0.152. The highest BCUT2D eigenvalue weighted by Crippen LogP contribution is 2.26. The lowest BCUT2D eigenvalue weighted by Gasteiger charge is -2.18. The van der Waals surface area contributed by atoms with Crippen LogP contribution in [0.25, 0.3) is 0 Å². The van der Waals surface area contributed by atoms with Gasteiger partial charge in [-0.3, -0.25) is 4.79 Å². The molecule has 1 aromatic heterocycles. The summed E-state index contributed by atoms with van der Waals surface area (Å²) in [5.74, 6) is -0.411. The summed E-state index contributed by atoms with van der Waals surface area (Å²) in [6, 6.07) is 19.0. The number of sulfonamides is 1. The van der Waals surface area contributed by atoms with E-state index in [9.17, 15) is 13.2 Å². The fraction of sp³-hybridized carbons (Fsp3) is 0.150. The van der Waals surface area contributed by atoms with E-state index in [1.807, 2.05) is 54.8 Å². The predicted octanol–water partition coefficient (Wildman–Crippen LogP) is 4.76. The molecule has 2 N–H and O–H groups in total. The van der Waals surface area contributed by atoms with Gasteiger partial charge in [-0.25, -0.2) is 8.42 Å². The van der Waals surface area contributed by atoms with Crippen molar-refractivity contribution in [3.8, 4) is 0 Å². The normalized spacial score (nSPS) is 12.5. The van der Waals surface area contributed by atoms with Crippen molar-refractivity contribution in [1.82, 2.24) is 4.72 Å². The van der Waals surface area contributed by atoms with Gasteiger partial charge in [0.1, 0.15) is 10.3 Å². The van der Waals surface area contributed by atoms with Gasteiger partial charge in [0.2, 0.25) is 5.91 Å². The molecule has 0 spiro atoms. The number of thioether (sulfide) groups is 1. The molecular formula is C20H19BrN2O3S3. The van der Waals surface area contributed by atoms with E-state index >= 15 is 0 Å². The maximum Gasteiger partial charge on any atom is 0.250 e. The number of thiophene rings is 1. The average Bonchev–Trinajstić information content (AvgIpc) is 3.15. The summed E-state index contributed by atoms with van der Waals surface area (Å²) < 4.78 is 29.0. The van der Waals surface area contributed by atoms with Gasteiger partial charge in [0, 0.05) is 10.6 Å². The molecule has 0 saturated carbocycles. The van der Waals surface area contributed by atoms with Gasteiger partial charge in [-0.15, -0.1) is 23.1 Å². The van der Waals surface area contributed by atoms with Crippen molar-refractivity contribution < 1.29 is 13.2 Å². The number of hydrogen-bond acceptors (Lipinski definition) is 5. The number of halogens is 1. The number of hydrogen-bond donors (Lipinski definition) is 2. The molecule has 3 rings (SSSR count). The molecule has 1 heterocycles. The lowest BCUT2D eigenvalue weighted by atomic mass is 10.1. The maximum atomic E-state index is 13.0. The maximum absolute atomic E-state index is 13.0. The summed E-state index contributed by atoms with van der Waals surface area (Å²) in [6.07, 6.45) is 2.19. The summed E-state index contributed by atoms with van der Waals surface area (Å²) in [5, 5.41) is 2.83. The SMILES string of the molecule is CSc1cccc(NC(=O)C(Cc2ccccc2)NS(=O)(=O)c2ccc(Br)s2)c1. The number of nitrogens with one attached hydrogen (secondary N) is 2. The first-order valence-corrected chi connectivity index (χ1v) is 13.0. The monoisotopic (exact) mass is 510 g/mol. The predicted molar refractivity (Wildman–Crippen MR) is 123 cm³/mol. The summed E-state index contributed by atoms with van der Waals surface area (Å²) >= 11 is 5.94. The van der Waals surface area contributed by atoms with E-state index in [0.29, 0.717) is 9.47 Å². The van der Waals surface area contributed by atoms with Crippen molar-refractivity contribution in [2.45, 2.75) is 21.6 Å². The Hall–Kier alpha value is -1.65. The average molecular weight is 511 g/mol. The molecule has 0 aliphatic carbocycles. The van der Waals surface area contributed by atoms with Crippen LogP contribution in [-0.2, 0) is 21.2 Å². The van der Waals surface area contributed by atoms with Gasteiger partial charge in [0.25, 0.3) is 10.0 Å². The van der Waals surface area contributed by atoms with Crippen LogP contribution in [-0.4, -0.2) is 26.6 Å². The first kappa shape index (κ1) is 22.0. The van der Waals surface area contributed by atoms with Gasteiger partial charge in [-0.2, -0.15) is 4.72 Å². The van der Waals surface area contributed by atoms with Crippen LogP contribution in [0, 0.1) is 0 Å². The van der Waals surface area contributed by atoms with Gasteiger partial charge in [0.15, 0.2) is 0 Å². The van der Waals surface area contributed by atoms with E-state index in [2.05, 4.69) is 26.0 Å². The Labute approximate surface area is 187 Å². The van der Waals surface area contributed by atoms with Crippen LogP contribution in [0.4, 0.5) is 5.69 Å². The molecule has 5 nitrogen and oxygen atoms in total. The van der Waals surface area contributed by atoms with E-state index in [1.54, 1.807) is 23.9 Å². The second-order valence-corrected chi connectivity index (χ2v) is 11.4. The van der Waals surface area contributed by atoms with Crippen LogP contribution in [0.15, 0.2) is 79.6 Å². The van der Waals surface area contributed by atoms with Crippen LogP contribution < -0.4 is 10.0 Å². The van der Waals surface area contributed by atoms with Gasteiger partial charge in [-0.1, -0.05) is 36.4 Å².